The molecule has 0 bridgehead atoms. The molecule has 3 heterocycles. The number of carboxylic acid groups (broad SMARTS) is 1. The molecule has 0 saturated carbocycles. The second kappa shape index (κ2) is 15.1. The van der Waals surface area contributed by atoms with Crippen molar-refractivity contribution in [1.82, 2.24) is 19.4 Å². The molecule has 44 heavy (non-hydrogen) atoms. The minimum atomic E-state index is -0.953. The highest BCUT2D eigenvalue weighted by molar-refractivity contribution is 9.10. The number of likely N-dealkylation sites (tertiary alicyclic amines) is 1. The van der Waals surface area contributed by atoms with Gasteiger partial charge in [0.1, 0.15) is 18.5 Å². The van der Waals surface area contributed by atoms with E-state index in [0.717, 1.165) is 75.0 Å². The largest absolute Gasteiger partial charge is 0.484 e. The number of rotatable bonds is 14. The number of unbranched alkanes of at least 4 members (excludes halogenated alkanes) is 4. The number of carbonyl (C=O) groups is 1. The van der Waals surface area contributed by atoms with E-state index in [2.05, 4.69) is 36.5 Å². The van der Waals surface area contributed by atoms with Gasteiger partial charge in [-0.2, -0.15) is 5.26 Å². The number of benzene rings is 2. The molecule has 2 aromatic heterocycles. The molecule has 0 atom stereocenters. The Balaban J connectivity index is 1.17. The van der Waals surface area contributed by atoms with Crippen molar-refractivity contribution in [2.24, 2.45) is 0 Å². The third-order valence-electron chi connectivity index (χ3n) is 7.73. The van der Waals surface area contributed by atoms with E-state index in [4.69, 9.17) is 19.7 Å². The van der Waals surface area contributed by atoms with E-state index in [1.807, 2.05) is 18.2 Å². The number of fused-ring (bicyclic) bond motifs is 1. The highest BCUT2D eigenvalue weighted by Gasteiger charge is 2.23. The Morgan fingerprint density at radius 2 is 1.89 bits per heavy atom. The number of aromatic carboxylic acids is 1. The summed E-state index contributed by atoms with van der Waals surface area (Å²) in [5.41, 5.74) is 2.54. The van der Waals surface area contributed by atoms with Crippen LogP contribution in [0.2, 0.25) is 0 Å². The molecule has 0 radical (unpaired) electrons. The first-order valence-corrected chi connectivity index (χ1v) is 15.7. The van der Waals surface area contributed by atoms with Crippen LogP contribution in [0.1, 0.15) is 66.8 Å². The lowest BCUT2D eigenvalue weighted by Crippen LogP contribution is -2.38. The van der Waals surface area contributed by atoms with Gasteiger partial charge in [-0.05, 0) is 68.1 Å². The monoisotopic (exact) mass is 663 g/mol. The number of nitrogens with zero attached hydrogens (tertiary/aromatic N) is 5. The van der Waals surface area contributed by atoms with Crippen LogP contribution in [-0.2, 0) is 19.7 Å². The van der Waals surface area contributed by atoms with Crippen molar-refractivity contribution in [3.63, 3.8) is 0 Å². The molecule has 4 aromatic rings. The quantitative estimate of drug-likeness (QED) is 0.142. The fourth-order valence-corrected chi connectivity index (χ4v) is 5.74. The summed E-state index contributed by atoms with van der Waals surface area (Å²) in [6.07, 6.45) is 6.08. The van der Waals surface area contributed by atoms with Gasteiger partial charge < -0.3 is 19.1 Å². The molecule has 1 aliphatic rings. The smallest absolute Gasteiger partial charge is 0.335 e. The van der Waals surface area contributed by atoms with Gasteiger partial charge in [-0.15, -0.1) is 0 Å². The number of aryl methyl sites for hydroxylation is 1. The number of pyridine rings is 1. The highest BCUT2D eigenvalue weighted by Crippen LogP contribution is 2.25. The van der Waals surface area contributed by atoms with E-state index in [9.17, 15) is 14.3 Å². The van der Waals surface area contributed by atoms with Crippen LogP contribution in [-0.4, -0.2) is 49.7 Å². The Morgan fingerprint density at radius 3 is 2.66 bits per heavy atom. The summed E-state index contributed by atoms with van der Waals surface area (Å²) in [6, 6.07) is 17.5. The van der Waals surface area contributed by atoms with E-state index < -0.39 is 11.8 Å². The van der Waals surface area contributed by atoms with Crippen LogP contribution in [0, 0.1) is 17.1 Å². The van der Waals surface area contributed by atoms with E-state index in [1.165, 1.54) is 6.07 Å². The lowest BCUT2D eigenvalue weighted by molar-refractivity contribution is 0.0697. The van der Waals surface area contributed by atoms with Crippen molar-refractivity contribution in [2.45, 2.75) is 70.7 Å². The number of piperidine rings is 1. The SMILES string of the molecule is N#CCCCCCCn1c(CN2CCC(Oc3cccc(COc4ccc(Br)cc4F)n3)CC2)nc2ccc(C(=O)O)cc21. The van der Waals surface area contributed by atoms with Crippen LogP contribution in [0.15, 0.2) is 59.1 Å². The van der Waals surface area contributed by atoms with Gasteiger partial charge in [0.2, 0.25) is 5.88 Å². The molecule has 1 N–H and O–H groups in total. The van der Waals surface area contributed by atoms with E-state index in [0.29, 0.717) is 29.0 Å². The minimum Gasteiger partial charge on any atom is -0.484 e. The number of ether oxygens (including phenoxy) is 2. The van der Waals surface area contributed by atoms with Crippen molar-refractivity contribution >= 4 is 32.9 Å². The molecule has 0 amide bonds. The number of hydrogen-bond donors (Lipinski definition) is 1. The first-order chi connectivity index (χ1) is 21.4. The van der Waals surface area contributed by atoms with Gasteiger partial charge in [0, 0.05) is 36.6 Å². The van der Waals surface area contributed by atoms with Gasteiger partial charge in [-0.25, -0.2) is 19.2 Å². The number of imidazole rings is 1. The molecule has 9 nitrogen and oxygen atoms in total. The fourth-order valence-electron chi connectivity index (χ4n) is 5.41. The highest BCUT2D eigenvalue weighted by atomic mass is 79.9. The Hall–Kier alpha value is -4.01. The minimum absolute atomic E-state index is 0.0178. The van der Waals surface area contributed by atoms with Gasteiger partial charge in [0.15, 0.2) is 11.6 Å². The molecule has 1 aliphatic heterocycles. The van der Waals surface area contributed by atoms with Gasteiger partial charge in [-0.1, -0.05) is 34.8 Å². The third-order valence-corrected chi connectivity index (χ3v) is 8.23. The van der Waals surface area contributed by atoms with Crippen LogP contribution in [0.4, 0.5) is 4.39 Å². The zero-order valence-electron chi connectivity index (χ0n) is 24.4. The topological polar surface area (TPSA) is 114 Å². The second-order valence-electron chi connectivity index (χ2n) is 10.9. The lowest BCUT2D eigenvalue weighted by atomic mass is 10.1. The summed E-state index contributed by atoms with van der Waals surface area (Å²) in [7, 11) is 0. The van der Waals surface area contributed by atoms with Crippen LogP contribution in [0.25, 0.3) is 11.0 Å². The number of halogens is 2. The Kier molecular flexibility index (Phi) is 10.8. The van der Waals surface area contributed by atoms with Crippen molar-refractivity contribution in [3.8, 4) is 17.7 Å². The molecule has 1 saturated heterocycles. The van der Waals surface area contributed by atoms with Gasteiger partial charge >= 0.3 is 5.97 Å². The molecule has 230 valence electrons. The maximum absolute atomic E-state index is 14.1. The van der Waals surface area contributed by atoms with Crippen molar-refractivity contribution < 1.29 is 23.8 Å². The van der Waals surface area contributed by atoms with E-state index in [1.54, 1.807) is 30.3 Å². The first-order valence-electron chi connectivity index (χ1n) is 14.9. The van der Waals surface area contributed by atoms with Gasteiger partial charge in [0.05, 0.1) is 34.9 Å². The molecular weight excluding hydrogens is 629 g/mol. The van der Waals surface area contributed by atoms with Crippen molar-refractivity contribution in [1.29, 1.82) is 5.26 Å². The predicted octanol–water partition coefficient (Wildman–Crippen LogP) is 7.13. The molecule has 0 spiro atoms. The number of hydrogen-bond acceptors (Lipinski definition) is 7. The van der Waals surface area contributed by atoms with Crippen LogP contribution >= 0.6 is 15.9 Å². The fraction of sp³-hybridized carbons (Fsp3) is 0.394. The van der Waals surface area contributed by atoms with E-state index >= 15 is 0 Å². The lowest BCUT2D eigenvalue weighted by Gasteiger charge is -2.31. The Bertz CT molecular complexity index is 1630. The number of aromatic nitrogens is 3. The molecule has 0 unspecified atom stereocenters. The summed E-state index contributed by atoms with van der Waals surface area (Å²) >= 11 is 3.25. The molecular formula is C33H35BrFN5O4. The third kappa shape index (κ3) is 8.33. The normalized spacial score (nSPS) is 14.0. The molecule has 5 rings (SSSR count). The summed E-state index contributed by atoms with van der Waals surface area (Å²) in [6.45, 7) is 3.20. The van der Waals surface area contributed by atoms with E-state index in [-0.39, 0.29) is 24.0 Å². The standard InChI is InChI=1S/C33H35BrFN5O4/c34-24-10-12-30(27(35)20-24)43-22-25-7-6-8-32(37-25)44-26-13-17-39(18-14-26)21-31-38-28-11-9-23(33(41)42)19-29(28)40(31)16-5-3-1-2-4-15-36/h6-12,19-20,26H,1-5,13-14,16-18,21-22H2,(H,41,42). The zero-order valence-corrected chi connectivity index (χ0v) is 26.0. The van der Waals surface area contributed by atoms with Crippen molar-refractivity contribution in [2.75, 3.05) is 13.1 Å². The Morgan fingerprint density at radius 1 is 1.07 bits per heavy atom. The van der Waals surface area contributed by atoms with Gasteiger partial charge in [-0.3, -0.25) is 4.90 Å². The maximum atomic E-state index is 14.1. The average Bonchev–Trinajstić information content (AvgIpc) is 3.35. The van der Waals surface area contributed by atoms with Crippen LogP contribution in [0.5, 0.6) is 11.6 Å². The summed E-state index contributed by atoms with van der Waals surface area (Å²) in [5, 5.41) is 18.3. The number of nitriles is 1. The molecule has 0 aliphatic carbocycles. The van der Waals surface area contributed by atoms with Crippen molar-refractivity contribution in [3.05, 3.63) is 82.0 Å². The molecule has 11 heteroatoms. The average molecular weight is 665 g/mol. The second-order valence-corrected chi connectivity index (χ2v) is 11.9. The van der Waals surface area contributed by atoms with Gasteiger partial charge in [0.25, 0.3) is 0 Å². The molecule has 2 aromatic carbocycles. The first kappa shape index (κ1) is 31.4. The predicted molar refractivity (Wildman–Crippen MR) is 167 cm³/mol. The summed E-state index contributed by atoms with van der Waals surface area (Å²) < 4.78 is 28.7. The maximum Gasteiger partial charge on any atom is 0.335 e. The van der Waals surface area contributed by atoms with Crippen LogP contribution in [0.3, 0.4) is 0 Å². The number of carboxylic acids is 1. The Labute approximate surface area is 264 Å². The molecule has 1 fully saturated rings. The summed E-state index contributed by atoms with van der Waals surface area (Å²) in [4.78, 5) is 23.4. The van der Waals surface area contributed by atoms with Crippen LogP contribution < -0.4 is 9.47 Å². The zero-order chi connectivity index (χ0) is 30.9. The summed E-state index contributed by atoms with van der Waals surface area (Å²) in [5.74, 6) is 0.222.